The number of piperidine rings is 1. The molecular formula is C20H22N6O2. The van der Waals surface area contributed by atoms with Crippen molar-refractivity contribution in [2.45, 2.75) is 18.9 Å². The number of methoxy groups -OCH3 is 1. The van der Waals surface area contributed by atoms with Crippen LogP contribution in [-0.4, -0.2) is 50.8 Å². The molecule has 2 aromatic heterocycles. The molecule has 4 rings (SSSR count). The second kappa shape index (κ2) is 7.30. The van der Waals surface area contributed by atoms with Crippen LogP contribution in [-0.2, 0) is 4.79 Å². The number of likely N-dealkylation sites (tertiary alicyclic amines) is 1. The summed E-state index contributed by atoms with van der Waals surface area (Å²) in [7, 11) is 1.63. The van der Waals surface area contributed by atoms with Crippen LogP contribution >= 0.6 is 0 Å². The summed E-state index contributed by atoms with van der Waals surface area (Å²) in [6, 6.07) is 7.65. The van der Waals surface area contributed by atoms with E-state index in [0.717, 1.165) is 41.8 Å². The molecule has 1 amide bonds. The molecule has 8 heteroatoms. The van der Waals surface area contributed by atoms with Crippen molar-refractivity contribution in [3.05, 3.63) is 43.2 Å². The lowest BCUT2D eigenvalue weighted by Crippen LogP contribution is -2.40. The molecule has 3 heterocycles. The van der Waals surface area contributed by atoms with Gasteiger partial charge in [-0.25, -0.2) is 14.6 Å². The molecule has 1 saturated heterocycles. The summed E-state index contributed by atoms with van der Waals surface area (Å²) in [4.78, 5) is 22.5. The van der Waals surface area contributed by atoms with Crippen LogP contribution in [0.15, 0.2) is 43.2 Å². The Hall–Kier alpha value is -3.42. The number of nitrogen functional groups attached to an aromatic ring is 1. The topological polar surface area (TPSA) is 99.2 Å². The van der Waals surface area contributed by atoms with Crippen LogP contribution in [0.5, 0.6) is 5.75 Å². The van der Waals surface area contributed by atoms with Crippen LogP contribution < -0.4 is 10.5 Å². The van der Waals surface area contributed by atoms with Crippen LogP contribution in [0.2, 0.25) is 0 Å². The number of hydrogen-bond donors (Lipinski definition) is 1. The number of carbonyl (C=O) groups excluding carboxylic acids is 1. The summed E-state index contributed by atoms with van der Waals surface area (Å²) in [5, 5.41) is 5.57. The number of nitrogens with zero attached hydrogens (tertiary/aromatic N) is 5. The first kappa shape index (κ1) is 18.0. The predicted molar refractivity (Wildman–Crippen MR) is 107 cm³/mol. The number of benzene rings is 1. The van der Waals surface area contributed by atoms with Crippen molar-refractivity contribution in [1.29, 1.82) is 0 Å². The van der Waals surface area contributed by atoms with Crippen molar-refractivity contribution in [3.8, 4) is 17.0 Å². The maximum Gasteiger partial charge on any atom is 0.246 e. The third-order valence-corrected chi connectivity index (χ3v) is 5.11. The highest BCUT2D eigenvalue weighted by molar-refractivity contribution is 5.98. The van der Waals surface area contributed by atoms with Crippen molar-refractivity contribution >= 4 is 22.8 Å². The highest BCUT2D eigenvalue weighted by Gasteiger charge is 2.27. The van der Waals surface area contributed by atoms with Gasteiger partial charge in [-0.15, -0.1) is 0 Å². The van der Waals surface area contributed by atoms with Crippen molar-refractivity contribution in [1.82, 2.24) is 24.6 Å². The monoisotopic (exact) mass is 378 g/mol. The minimum atomic E-state index is -0.0642. The molecule has 0 aliphatic carbocycles. The van der Waals surface area contributed by atoms with Crippen LogP contribution in [0.25, 0.3) is 22.3 Å². The van der Waals surface area contributed by atoms with Crippen LogP contribution in [0, 0.1) is 0 Å². The molecule has 0 saturated carbocycles. The number of amides is 1. The van der Waals surface area contributed by atoms with E-state index in [1.165, 1.54) is 12.4 Å². The zero-order valence-electron chi connectivity index (χ0n) is 15.7. The van der Waals surface area contributed by atoms with Crippen molar-refractivity contribution in [2.75, 3.05) is 25.9 Å². The van der Waals surface area contributed by atoms with E-state index in [1.807, 2.05) is 28.9 Å². The van der Waals surface area contributed by atoms with Gasteiger partial charge in [-0.05, 0) is 43.2 Å². The smallest absolute Gasteiger partial charge is 0.246 e. The maximum atomic E-state index is 12.1. The first-order valence-electron chi connectivity index (χ1n) is 9.17. The summed E-state index contributed by atoms with van der Waals surface area (Å²) < 4.78 is 7.13. The third-order valence-electron chi connectivity index (χ3n) is 5.11. The van der Waals surface area contributed by atoms with E-state index in [2.05, 4.69) is 16.5 Å². The second-order valence-electron chi connectivity index (χ2n) is 6.76. The van der Waals surface area contributed by atoms with Gasteiger partial charge in [0.15, 0.2) is 5.65 Å². The molecule has 1 atom stereocenters. The van der Waals surface area contributed by atoms with Gasteiger partial charge in [0.25, 0.3) is 0 Å². The molecule has 8 nitrogen and oxygen atoms in total. The Labute approximate surface area is 162 Å². The zero-order valence-corrected chi connectivity index (χ0v) is 15.7. The van der Waals surface area contributed by atoms with E-state index in [0.29, 0.717) is 18.0 Å². The number of hydrogen-bond acceptors (Lipinski definition) is 6. The number of fused-ring (bicyclic) bond motifs is 1. The van der Waals surface area contributed by atoms with Gasteiger partial charge in [0.1, 0.15) is 23.6 Å². The Kier molecular flexibility index (Phi) is 4.68. The third kappa shape index (κ3) is 3.06. The average Bonchev–Trinajstić information content (AvgIpc) is 3.14. The quantitative estimate of drug-likeness (QED) is 0.700. The standard InChI is InChI=1S/C20H22N6O2/c1-3-16(27)25-10-4-5-14(11-25)26-20-17(19(21)22-12-23-20)18(24-26)13-6-8-15(28-2)9-7-13/h3,6-9,12,14H,1,4-5,10-11H2,2H3,(H2,21,22,23)/t14-/m1/s1. The number of rotatable bonds is 4. The molecule has 1 aliphatic heterocycles. The van der Waals surface area contributed by atoms with Gasteiger partial charge in [-0.2, -0.15) is 5.10 Å². The molecule has 0 bridgehead atoms. The van der Waals surface area contributed by atoms with E-state index in [9.17, 15) is 4.79 Å². The molecule has 2 N–H and O–H groups in total. The summed E-state index contributed by atoms with van der Waals surface area (Å²) in [6.45, 7) is 4.88. The van der Waals surface area contributed by atoms with Gasteiger partial charge in [0, 0.05) is 18.7 Å². The van der Waals surface area contributed by atoms with Crippen molar-refractivity contribution in [3.63, 3.8) is 0 Å². The summed E-state index contributed by atoms with van der Waals surface area (Å²) >= 11 is 0. The lowest BCUT2D eigenvalue weighted by Gasteiger charge is -2.32. The Morgan fingerprint density at radius 1 is 1.32 bits per heavy atom. The maximum absolute atomic E-state index is 12.1. The van der Waals surface area contributed by atoms with Gasteiger partial charge in [0.05, 0.1) is 18.5 Å². The van der Waals surface area contributed by atoms with E-state index in [-0.39, 0.29) is 11.9 Å². The molecule has 1 aromatic carbocycles. The number of nitrogens with two attached hydrogens (primary N) is 1. The van der Waals surface area contributed by atoms with Gasteiger partial charge in [-0.1, -0.05) is 6.58 Å². The highest BCUT2D eigenvalue weighted by atomic mass is 16.5. The van der Waals surface area contributed by atoms with Gasteiger partial charge in [0.2, 0.25) is 5.91 Å². The minimum absolute atomic E-state index is 0.0152. The molecule has 28 heavy (non-hydrogen) atoms. The first-order chi connectivity index (χ1) is 13.6. The van der Waals surface area contributed by atoms with E-state index >= 15 is 0 Å². The molecule has 1 fully saturated rings. The fraction of sp³-hybridized carbons (Fsp3) is 0.300. The van der Waals surface area contributed by atoms with Crippen molar-refractivity contribution in [2.24, 2.45) is 0 Å². The number of carbonyl (C=O) groups is 1. The summed E-state index contributed by atoms with van der Waals surface area (Å²) in [5.74, 6) is 1.09. The zero-order chi connectivity index (χ0) is 19.7. The molecule has 1 aliphatic rings. The molecule has 3 aromatic rings. The minimum Gasteiger partial charge on any atom is -0.497 e. The Morgan fingerprint density at radius 2 is 2.11 bits per heavy atom. The highest BCUT2D eigenvalue weighted by Crippen LogP contribution is 2.34. The van der Waals surface area contributed by atoms with Crippen LogP contribution in [0.4, 0.5) is 5.82 Å². The predicted octanol–water partition coefficient (Wildman–Crippen LogP) is 2.43. The number of ether oxygens (including phenoxy) is 1. The molecule has 0 radical (unpaired) electrons. The second-order valence-corrected chi connectivity index (χ2v) is 6.76. The van der Waals surface area contributed by atoms with E-state index < -0.39 is 0 Å². The largest absolute Gasteiger partial charge is 0.497 e. The fourth-order valence-electron chi connectivity index (χ4n) is 3.68. The normalized spacial score (nSPS) is 16.9. The molecular weight excluding hydrogens is 356 g/mol. The van der Waals surface area contributed by atoms with Crippen LogP contribution in [0.1, 0.15) is 18.9 Å². The van der Waals surface area contributed by atoms with Gasteiger partial charge < -0.3 is 15.4 Å². The van der Waals surface area contributed by atoms with E-state index in [4.69, 9.17) is 15.6 Å². The lowest BCUT2D eigenvalue weighted by molar-refractivity contribution is -0.127. The Bertz CT molecular complexity index is 1030. The Balaban J connectivity index is 1.80. The molecule has 144 valence electrons. The number of aromatic nitrogens is 4. The Morgan fingerprint density at radius 3 is 2.82 bits per heavy atom. The first-order valence-corrected chi connectivity index (χ1v) is 9.17. The van der Waals surface area contributed by atoms with Crippen LogP contribution in [0.3, 0.4) is 0 Å². The fourth-order valence-corrected chi connectivity index (χ4v) is 3.68. The van der Waals surface area contributed by atoms with E-state index in [1.54, 1.807) is 12.0 Å². The summed E-state index contributed by atoms with van der Waals surface area (Å²) in [5.41, 5.74) is 8.49. The number of anilines is 1. The molecule has 0 unspecified atom stereocenters. The summed E-state index contributed by atoms with van der Waals surface area (Å²) in [6.07, 6.45) is 4.60. The SMILES string of the molecule is C=CC(=O)N1CCC[C@@H](n2nc(-c3ccc(OC)cc3)c3c(N)ncnc32)C1. The average molecular weight is 378 g/mol. The van der Waals surface area contributed by atoms with Gasteiger partial charge >= 0.3 is 0 Å². The van der Waals surface area contributed by atoms with Crippen molar-refractivity contribution < 1.29 is 9.53 Å². The lowest BCUT2D eigenvalue weighted by atomic mass is 10.1. The molecule has 0 spiro atoms. The van der Waals surface area contributed by atoms with Gasteiger partial charge in [-0.3, -0.25) is 4.79 Å².